The third-order valence-corrected chi connectivity index (χ3v) is 4.93. The lowest BCUT2D eigenvalue weighted by molar-refractivity contribution is 0.0698. The molecule has 0 radical (unpaired) electrons. The van der Waals surface area contributed by atoms with Crippen LogP contribution in [0.3, 0.4) is 0 Å². The highest BCUT2D eigenvalue weighted by Crippen LogP contribution is 2.42. The second kappa shape index (κ2) is 7.58. The number of nitrogens with one attached hydrogen (secondary N) is 1. The minimum absolute atomic E-state index is 0.0110. The van der Waals surface area contributed by atoms with Gasteiger partial charge >= 0.3 is 5.97 Å². The van der Waals surface area contributed by atoms with E-state index < -0.39 is 5.97 Å². The molecule has 7 nitrogen and oxygen atoms in total. The van der Waals surface area contributed by atoms with E-state index in [1.807, 2.05) is 0 Å². The van der Waals surface area contributed by atoms with Gasteiger partial charge in [0.25, 0.3) is 0 Å². The summed E-state index contributed by atoms with van der Waals surface area (Å²) in [7, 11) is 0. The predicted octanol–water partition coefficient (Wildman–Crippen LogP) is 3.67. The Balaban J connectivity index is 2.06. The van der Waals surface area contributed by atoms with Gasteiger partial charge in [0.05, 0.1) is 10.6 Å². The van der Waals surface area contributed by atoms with E-state index in [4.69, 9.17) is 22.4 Å². The standard InChI is InChI=1S/C22H16N2O5S/c23-10-20(30)24-11-1-4-14(17(7-11)22(27)28)21-15-5-2-12(25)8-18(15)29-19-9-13(26)3-6-16(19)21/h1-9,25H,10,23H2,(H,24,30)(H,27,28). The number of carboxylic acid groups (broad SMARTS) is 1. The molecule has 5 N–H and O–H groups in total. The summed E-state index contributed by atoms with van der Waals surface area (Å²) in [5.74, 6) is -0.852. The Morgan fingerprint density at radius 2 is 1.83 bits per heavy atom. The van der Waals surface area contributed by atoms with E-state index in [9.17, 15) is 19.8 Å². The van der Waals surface area contributed by atoms with Crippen LogP contribution in [0.5, 0.6) is 5.75 Å². The van der Waals surface area contributed by atoms with Crippen LogP contribution in [0.15, 0.2) is 63.8 Å². The minimum atomic E-state index is -1.13. The molecule has 0 amide bonds. The summed E-state index contributed by atoms with van der Waals surface area (Å²) in [6, 6.07) is 13.7. The van der Waals surface area contributed by atoms with Gasteiger partial charge in [-0.25, -0.2) is 4.79 Å². The van der Waals surface area contributed by atoms with Gasteiger partial charge in [0.2, 0.25) is 0 Å². The number of rotatable bonds is 4. The van der Waals surface area contributed by atoms with Crippen molar-refractivity contribution in [2.75, 3.05) is 11.9 Å². The molecule has 1 aliphatic heterocycles. The number of carbonyl (C=O) groups is 1. The monoisotopic (exact) mass is 420 g/mol. The Morgan fingerprint density at radius 3 is 2.57 bits per heavy atom. The highest BCUT2D eigenvalue weighted by molar-refractivity contribution is 7.80. The second-order valence-corrected chi connectivity index (χ2v) is 7.13. The topological polar surface area (TPSA) is 126 Å². The Morgan fingerprint density at radius 1 is 1.07 bits per heavy atom. The second-order valence-electron chi connectivity index (χ2n) is 6.63. The number of carboxylic acids is 1. The number of anilines is 1. The molecule has 150 valence electrons. The average Bonchev–Trinajstić information content (AvgIpc) is 2.71. The zero-order valence-corrected chi connectivity index (χ0v) is 16.3. The maximum absolute atomic E-state index is 12.1. The number of aromatic carboxylic acids is 1. The van der Waals surface area contributed by atoms with Crippen LogP contribution in [0.2, 0.25) is 0 Å². The fraction of sp³-hybridized carbons (Fsp3) is 0.0455. The van der Waals surface area contributed by atoms with Gasteiger partial charge in [-0.3, -0.25) is 4.79 Å². The number of thiocarbonyl (C=S) groups is 1. The Kier molecular flexibility index (Phi) is 4.94. The Labute approximate surface area is 175 Å². The summed E-state index contributed by atoms with van der Waals surface area (Å²) in [5.41, 5.74) is 7.72. The van der Waals surface area contributed by atoms with Gasteiger partial charge in [0.15, 0.2) is 5.43 Å². The minimum Gasteiger partial charge on any atom is -0.508 e. The van der Waals surface area contributed by atoms with Crippen LogP contribution in [0, 0.1) is 0 Å². The van der Waals surface area contributed by atoms with E-state index in [0.29, 0.717) is 44.1 Å². The first-order valence-corrected chi connectivity index (χ1v) is 9.35. The molecule has 4 rings (SSSR count). The van der Waals surface area contributed by atoms with Crippen LogP contribution >= 0.6 is 12.2 Å². The van der Waals surface area contributed by atoms with Crippen LogP contribution in [0.1, 0.15) is 10.4 Å². The van der Waals surface area contributed by atoms with Crippen molar-refractivity contribution in [1.82, 2.24) is 0 Å². The van der Waals surface area contributed by atoms with Crippen LogP contribution in [-0.4, -0.2) is 27.7 Å². The third kappa shape index (κ3) is 3.49. The van der Waals surface area contributed by atoms with Crippen molar-refractivity contribution in [3.8, 4) is 28.2 Å². The fourth-order valence-electron chi connectivity index (χ4n) is 3.38. The number of hydrogen-bond acceptors (Lipinski definition) is 6. The maximum atomic E-state index is 12.1. The van der Waals surface area contributed by atoms with E-state index in [1.54, 1.807) is 24.3 Å². The van der Waals surface area contributed by atoms with Crippen LogP contribution < -0.4 is 16.5 Å². The molecular weight excluding hydrogens is 404 g/mol. The number of aromatic hydroxyl groups is 1. The Hall–Kier alpha value is -3.75. The van der Waals surface area contributed by atoms with E-state index in [2.05, 4.69) is 5.32 Å². The first kappa shape index (κ1) is 19.6. The number of fused-ring (bicyclic) bond motifs is 2. The zero-order chi connectivity index (χ0) is 21.4. The summed E-state index contributed by atoms with van der Waals surface area (Å²) in [4.78, 5) is 24.3. The predicted molar refractivity (Wildman–Crippen MR) is 118 cm³/mol. The first-order valence-electron chi connectivity index (χ1n) is 8.94. The fourth-order valence-corrected chi connectivity index (χ4v) is 3.50. The van der Waals surface area contributed by atoms with Crippen molar-refractivity contribution >= 4 is 39.8 Å². The average molecular weight is 420 g/mol. The number of phenolic OH excluding ortho intramolecular Hbond substituents is 1. The van der Waals surface area contributed by atoms with Crippen molar-refractivity contribution in [2.45, 2.75) is 0 Å². The number of nitrogens with two attached hydrogens (primary N) is 1. The smallest absolute Gasteiger partial charge is 0.336 e. The maximum Gasteiger partial charge on any atom is 0.336 e. The van der Waals surface area contributed by atoms with Gasteiger partial charge in [-0.1, -0.05) is 18.3 Å². The third-order valence-electron chi connectivity index (χ3n) is 4.67. The van der Waals surface area contributed by atoms with Gasteiger partial charge in [0.1, 0.15) is 17.1 Å². The molecule has 0 aromatic heterocycles. The Bertz CT molecular complexity index is 1350. The van der Waals surface area contributed by atoms with E-state index in [-0.39, 0.29) is 23.3 Å². The quantitative estimate of drug-likeness (QED) is 0.291. The number of benzene rings is 3. The number of phenols is 1. The summed E-state index contributed by atoms with van der Waals surface area (Å²) < 4.78 is 5.81. The zero-order valence-electron chi connectivity index (χ0n) is 15.5. The molecule has 0 bridgehead atoms. The summed E-state index contributed by atoms with van der Waals surface area (Å²) in [6.07, 6.45) is 0. The van der Waals surface area contributed by atoms with Gasteiger partial charge in [0, 0.05) is 40.9 Å². The molecule has 2 aromatic carbocycles. The molecule has 30 heavy (non-hydrogen) atoms. The van der Waals surface area contributed by atoms with E-state index >= 15 is 0 Å². The van der Waals surface area contributed by atoms with Gasteiger partial charge in [-0.2, -0.15) is 0 Å². The molecule has 0 saturated heterocycles. The molecule has 0 saturated carbocycles. The van der Waals surface area contributed by atoms with Crippen molar-refractivity contribution in [3.05, 3.63) is 70.4 Å². The van der Waals surface area contributed by atoms with Crippen LogP contribution in [0.25, 0.3) is 33.4 Å². The summed E-state index contributed by atoms with van der Waals surface area (Å²) in [5, 5.41) is 23.2. The SMILES string of the molecule is NCC(=S)Nc1ccc(-c2c3ccc(=O)cc-3oc3cc(O)ccc23)c(C(=O)O)c1. The molecule has 0 atom stereocenters. The molecule has 2 aromatic rings. The molecule has 1 aliphatic carbocycles. The first-order chi connectivity index (χ1) is 14.4. The van der Waals surface area contributed by atoms with E-state index in [1.165, 1.54) is 30.3 Å². The molecular formula is C22H16N2O5S. The lowest BCUT2D eigenvalue weighted by Gasteiger charge is -2.17. The van der Waals surface area contributed by atoms with Gasteiger partial charge < -0.3 is 25.7 Å². The summed E-state index contributed by atoms with van der Waals surface area (Å²) in [6.45, 7) is 0.135. The molecule has 0 spiro atoms. The van der Waals surface area contributed by atoms with Crippen LogP contribution in [-0.2, 0) is 0 Å². The summed E-state index contributed by atoms with van der Waals surface area (Å²) >= 11 is 5.07. The molecule has 1 heterocycles. The molecule has 0 unspecified atom stereocenters. The van der Waals surface area contributed by atoms with Crippen LogP contribution in [0.4, 0.5) is 5.69 Å². The number of hydrogen-bond donors (Lipinski definition) is 4. The van der Waals surface area contributed by atoms with Crippen molar-refractivity contribution < 1.29 is 19.4 Å². The molecule has 8 heteroatoms. The van der Waals surface area contributed by atoms with Gasteiger partial charge in [-0.15, -0.1) is 0 Å². The normalized spacial score (nSPS) is 11.0. The van der Waals surface area contributed by atoms with Gasteiger partial charge in [-0.05, 0) is 42.0 Å². The van der Waals surface area contributed by atoms with Crippen molar-refractivity contribution in [1.29, 1.82) is 0 Å². The highest BCUT2D eigenvalue weighted by atomic mass is 32.1. The van der Waals surface area contributed by atoms with Crippen molar-refractivity contribution in [3.63, 3.8) is 0 Å². The molecule has 2 aliphatic rings. The van der Waals surface area contributed by atoms with E-state index in [0.717, 1.165) is 0 Å². The van der Waals surface area contributed by atoms with Crippen molar-refractivity contribution in [2.24, 2.45) is 5.73 Å². The lowest BCUT2D eigenvalue weighted by Crippen LogP contribution is -2.20. The highest BCUT2D eigenvalue weighted by Gasteiger charge is 2.22. The largest absolute Gasteiger partial charge is 0.508 e. The molecule has 0 fully saturated rings. The lowest BCUT2D eigenvalue weighted by atomic mass is 9.90.